The zero-order valence-electron chi connectivity index (χ0n) is 10.1. The van der Waals surface area contributed by atoms with Gasteiger partial charge in [0.15, 0.2) is 0 Å². The smallest absolute Gasteiger partial charge is 0.325 e. The molecule has 0 spiro atoms. The van der Waals surface area contributed by atoms with E-state index in [9.17, 15) is 4.79 Å². The van der Waals surface area contributed by atoms with Crippen LogP contribution in [0.2, 0.25) is 5.28 Å². The fourth-order valence-electron chi connectivity index (χ4n) is 1.27. The van der Waals surface area contributed by atoms with Crippen molar-refractivity contribution in [2.75, 3.05) is 18.5 Å². The summed E-state index contributed by atoms with van der Waals surface area (Å²) in [4.78, 5) is 27.0. The van der Waals surface area contributed by atoms with Crippen molar-refractivity contribution in [1.82, 2.24) is 24.5 Å². The van der Waals surface area contributed by atoms with Gasteiger partial charge in [-0.1, -0.05) is 0 Å². The summed E-state index contributed by atoms with van der Waals surface area (Å²) in [6.45, 7) is 2.01. The number of aromatic nitrogens is 5. The van der Waals surface area contributed by atoms with Crippen LogP contribution in [0, 0.1) is 0 Å². The molecule has 0 aromatic carbocycles. The molecule has 0 saturated carbocycles. The Hall–Kier alpha value is -2.22. The van der Waals surface area contributed by atoms with Gasteiger partial charge in [0.25, 0.3) is 0 Å². The van der Waals surface area contributed by atoms with E-state index < -0.39 is 5.97 Å². The van der Waals surface area contributed by atoms with Crippen molar-refractivity contribution in [2.24, 2.45) is 0 Å². The first kappa shape index (κ1) is 13.2. The number of ether oxygens (including phenoxy) is 1. The molecule has 9 heteroatoms. The summed E-state index contributed by atoms with van der Waals surface area (Å²) < 4.78 is 6.35. The molecule has 0 amide bonds. The number of nitrogens with zero attached hydrogens (tertiary/aromatic N) is 5. The van der Waals surface area contributed by atoms with Gasteiger partial charge in [-0.3, -0.25) is 9.36 Å². The van der Waals surface area contributed by atoms with Crippen LogP contribution in [0.1, 0.15) is 6.92 Å². The Kier molecular flexibility index (Phi) is 4.24. The van der Waals surface area contributed by atoms with Crippen LogP contribution in [0.25, 0.3) is 5.95 Å². The number of halogens is 1. The topological polar surface area (TPSA) is 94.8 Å². The number of esters is 1. The van der Waals surface area contributed by atoms with E-state index in [2.05, 4.69) is 25.3 Å². The van der Waals surface area contributed by atoms with E-state index in [0.717, 1.165) is 0 Å². The Bertz CT molecular complexity index is 559. The summed E-state index contributed by atoms with van der Waals surface area (Å²) in [5.74, 6) is 0.101. The molecule has 100 valence electrons. The molecule has 2 aromatic heterocycles. The fraction of sp³-hybridized carbons (Fsp3) is 0.300. The maximum Gasteiger partial charge on any atom is 0.325 e. The Morgan fingerprint density at radius 3 is 3.00 bits per heavy atom. The molecule has 0 atom stereocenters. The fourth-order valence-corrected chi connectivity index (χ4v) is 1.43. The average molecular weight is 283 g/mol. The highest BCUT2D eigenvalue weighted by Gasteiger charge is 2.08. The summed E-state index contributed by atoms with van der Waals surface area (Å²) in [5.41, 5.74) is 0. The van der Waals surface area contributed by atoms with E-state index in [1.807, 2.05) is 0 Å². The summed E-state index contributed by atoms with van der Waals surface area (Å²) in [6.07, 6.45) is 4.78. The number of rotatable bonds is 5. The number of imidazole rings is 1. The monoisotopic (exact) mass is 282 g/mol. The normalized spacial score (nSPS) is 10.2. The molecular weight excluding hydrogens is 272 g/mol. The lowest BCUT2D eigenvalue weighted by Crippen LogP contribution is -2.18. The van der Waals surface area contributed by atoms with Crippen molar-refractivity contribution in [1.29, 1.82) is 0 Å². The van der Waals surface area contributed by atoms with E-state index in [4.69, 9.17) is 16.3 Å². The zero-order chi connectivity index (χ0) is 13.7. The number of hydrogen-bond donors (Lipinski definition) is 1. The summed E-state index contributed by atoms with van der Waals surface area (Å²) >= 11 is 5.79. The highest BCUT2D eigenvalue weighted by molar-refractivity contribution is 6.28. The molecule has 0 saturated heterocycles. The van der Waals surface area contributed by atoms with Crippen LogP contribution in [0.5, 0.6) is 0 Å². The molecule has 2 heterocycles. The van der Waals surface area contributed by atoms with Gasteiger partial charge in [-0.25, -0.2) is 4.98 Å². The molecule has 0 aliphatic carbocycles. The molecule has 0 fully saturated rings. The van der Waals surface area contributed by atoms with Crippen LogP contribution >= 0.6 is 11.6 Å². The maximum absolute atomic E-state index is 11.2. The van der Waals surface area contributed by atoms with Crippen molar-refractivity contribution >= 4 is 23.5 Å². The molecule has 2 rings (SSSR count). The van der Waals surface area contributed by atoms with Crippen molar-refractivity contribution < 1.29 is 9.53 Å². The zero-order valence-corrected chi connectivity index (χ0v) is 10.8. The van der Waals surface area contributed by atoms with Gasteiger partial charge >= 0.3 is 5.97 Å². The standard InChI is InChI=1S/C10H11ClN6O2/c1-2-19-7(18)5-13-9-14-8(11)15-10(16-9)17-4-3-12-6-17/h3-4,6H,2,5H2,1H3,(H,13,14,15,16). The second kappa shape index (κ2) is 6.10. The van der Waals surface area contributed by atoms with Crippen molar-refractivity contribution in [2.45, 2.75) is 6.92 Å². The van der Waals surface area contributed by atoms with Crippen LogP contribution in [0.4, 0.5) is 5.95 Å². The van der Waals surface area contributed by atoms with Crippen LogP contribution in [0.15, 0.2) is 18.7 Å². The third-order valence-electron chi connectivity index (χ3n) is 2.03. The average Bonchev–Trinajstić information content (AvgIpc) is 2.90. The minimum atomic E-state index is -0.400. The summed E-state index contributed by atoms with van der Waals surface area (Å²) in [6, 6.07) is 0. The SMILES string of the molecule is CCOC(=O)CNc1nc(Cl)nc(-n2ccnc2)n1. The lowest BCUT2D eigenvalue weighted by atomic mass is 10.6. The number of nitrogens with one attached hydrogen (secondary N) is 1. The van der Waals surface area contributed by atoms with E-state index in [1.165, 1.54) is 6.33 Å². The van der Waals surface area contributed by atoms with E-state index in [0.29, 0.717) is 12.6 Å². The number of anilines is 1. The molecule has 0 unspecified atom stereocenters. The van der Waals surface area contributed by atoms with E-state index in [1.54, 1.807) is 23.9 Å². The van der Waals surface area contributed by atoms with Gasteiger partial charge in [-0.15, -0.1) is 0 Å². The van der Waals surface area contributed by atoms with Gasteiger partial charge in [0, 0.05) is 12.4 Å². The number of hydrogen-bond acceptors (Lipinski definition) is 7. The van der Waals surface area contributed by atoms with Crippen LogP contribution in [0.3, 0.4) is 0 Å². The van der Waals surface area contributed by atoms with Crippen molar-refractivity contribution in [3.05, 3.63) is 24.0 Å². The largest absolute Gasteiger partial charge is 0.465 e. The molecule has 1 N–H and O–H groups in total. The Labute approximate surface area is 113 Å². The molecule has 0 aliphatic heterocycles. The highest BCUT2D eigenvalue weighted by atomic mass is 35.5. The Balaban J connectivity index is 2.11. The third kappa shape index (κ3) is 3.62. The molecular formula is C10H11ClN6O2. The number of carbonyl (C=O) groups excluding carboxylic acids is 1. The predicted molar refractivity (Wildman–Crippen MR) is 67.1 cm³/mol. The second-order valence-electron chi connectivity index (χ2n) is 3.36. The lowest BCUT2D eigenvalue weighted by Gasteiger charge is -2.06. The molecule has 2 aromatic rings. The lowest BCUT2D eigenvalue weighted by molar-refractivity contribution is -0.140. The van der Waals surface area contributed by atoms with Gasteiger partial charge in [-0.2, -0.15) is 15.0 Å². The number of carbonyl (C=O) groups is 1. The van der Waals surface area contributed by atoms with Crippen LogP contribution in [-0.2, 0) is 9.53 Å². The summed E-state index contributed by atoms with van der Waals surface area (Å²) in [7, 11) is 0. The van der Waals surface area contributed by atoms with Crippen molar-refractivity contribution in [3.63, 3.8) is 0 Å². The molecule has 19 heavy (non-hydrogen) atoms. The third-order valence-corrected chi connectivity index (χ3v) is 2.20. The molecule has 0 aliphatic rings. The van der Waals surface area contributed by atoms with Crippen LogP contribution in [-0.4, -0.2) is 43.6 Å². The van der Waals surface area contributed by atoms with Crippen molar-refractivity contribution in [3.8, 4) is 5.95 Å². The Morgan fingerprint density at radius 1 is 1.47 bits per heavy atom. The van der Waals surface area contributed by atoms with E-state index in [-0.39, 0.29) is 17.8 Å². The van der Waals surface area contributed by atoms with Crippen LogP contribution < -0.4 is 5.32 Å². The first-order valence-electron chi connectivity index (χ1n) is 5.48. The van der Waals surface area contributed by atoms with Gasteiger partial charge in [0.2, 0.25) is 17.2 Å². The van der Waals surface area contributed by atoms with Gasteiger partial charge in [-0.05, 0) is 18.5 Å². The van der Waals surface area contributed by atoms with E-state index >= 15 is 0 Å². The summed E-state index contributed by atoms with van der Waals surface area (Å²) in [5, 5.41) is 2.74. The minimum Gasteiger partial charge on any atom is -0.465 e. The van der Waals surface area contributed by atoms with Gasteiger partial charge in [0.1, 0.15) is 12.9 Å². The highest BCUT2D eigenvalue weighted by Crippen LogP contribution is 2.09. The minimum absolute atomic E-state index is 0.0186. The first-order chi connectivity index (χ1) is 9.19. The maximum atomic E-state index is 11.2. The first-order valence-corrected chi connectivity index (χ1v) is 5.86. The predicted octanol–water partition coefficient (Wildman–Crippen LogP) is 0.686. The quantitative estimate of drug-likeness (QED) is 0.806. The Morgan fingerprint density at radius 2 is 2.32 bits per heavy atom. The molecule has 0 bridgehead atoms. The molecule has 0 radical (unpaired) electrons. The second-order valence-corrected chi connectivity index (χ2v) is 3.69. The van der Waals surface area contributed by atoms with Gasteiger partial charge < -0.3 is 10.1 Å². The molecule has 8 nitrogen and oxygen atoms in total. The van der Waals surface area contributed by atoms with Gasteiger partial charge in [0.05, 0.1) is 6.61 Å².